The van der Waals surface area contributed by atoms with Gasteiger partial charge in [0.2, 0.25) is 0 Å². The molecule has 0 bridgehead atoms. The highest BCUT2D eigenvalue weighted by atomic mass is 19.3. The van der Waals surface area contributed by atoms with E-state index in [0.29, 0.717) is 23.3 Å². The minimum atomic E-state index is -2.69. The zero-order valence-electron chi connectivity index (χ0n) is 22.3. The number of rotatable bonds is 8. The van der Waals surface area contributed by atoms with Crippen LogP contribution in [0, 0.1) is 11.3 Å². The highest BCUT2D eigenvalue weighted by molar-refractivity contribution is 5.88. The van der Waals surface area contributed by atoms with E-state index >= 15 is 0 Å². The molecule has 0 aliphatic carbocycles. The van der Waals surface area contributed by atoms with Gasteiger partial charge >= 0.3 is 0 Å². The summed E-state index contributed by atoms with van der Waals surface area (Å²) in [6.45, 7) is 7.13. The highest BCUT2D eigenvalue weighted by Gasteiger charge is 2.36. The van der Waals surface area contributed by atoms with Gasteiger partial charge in [0.25, 0.3) is 12.0 Å². The number of halogens is 2. The third-order valence-corrected chi connectivity index (χ3v) is 7.82. The van der Waals surface area contributed by atoms with E-state index in [1.165, 1.54) is 16.9 Å². The Morgan fingerprint density at radius 3 is 2.51 bits per heavy atom. The van der Waals surface area contributed by atoms with Crippen molar-refractivity contribution in [3.63, 3.8) is 0 Å². The van der Waals surface area contributed by atoms with Crippen LogP contribution in [0.25, 0.3) is 22.1 Å². The van der Waals surface area contributed by atoms with Crippen molar-refractivity contribution in [2.75, 3.05) is 18.0 Å². The molecule has 1 aliphatic heterocycles. The number of piperazine rings is 1. The van der Waals surface area contributed by atoms with Gasteiger partial charge in [0.1, 0.15) is 12.1 Å². The fourth-order valence-electron chi connectivity index (χ4n) is 5.76. The van der Waals surface area contributed by atoms with E-state index < -0.39 is 18.5 Å². The van der Waals surface area contributed by atoms with Crippen molar-refractivity contribution in [3.8, 4) is 6.07 Å². The molecule has 0 radical (unpaired) electrons. The average molecular weight is 535 g/mol. The first-order chi connectivity index (χ1) is 18.8. The summed E-state index contributed by atoms with van der Waals surface area (Å²) in [5.74, 6) is 0. The molecule has 0 spiro atoms. The number of fused-ring (bicyclic) bond motifs is 2. The summed E-state index contributed by atoms with van der Waals surface area (Å²) in [6.07, 6.45) is 3.93. The Labute approximate surface area is 225 Å². The maximum atomic E-state index is 13.3. The minimum absolute atomic E-state index is 0.0345. The summed E-state index contributed by atoms with van der Waals surface area (Å²) < 4.78 is 29.1. The number of nitrogens with zero attached hydrogens (tertiary/aromatic N) is 8. The molecule has 1 saturated heterocycles. The fourth-order valence-corrected chi connectivity index (χ4v) is 5.76. The van der Waals surface area contributed by atoms with Crippen LogP contribution in [0.1, 0.15) is 45.2 Å². The summed E-state index contributed by atoms with van der Waals surface area (Å²) >= 11 is 0. The third kappa shape index (κ3) is 5.08. The average Bonchev–Trinajstić information content (AvgIpc) is 3.37. The van der Waals surface area contributed by atoms with Crippen molar-refractivity contribution in [1.29, 1.82) is 5.26 Å². The second-order valence-corrected chi connectivity index (χ2v) is 10.0. The maximum absolute atomic E-state index is 13.3. The molecular formula is C28H32F2N8O. The lowest BCUT2D eigenvalue weighted by atomic mass is 9.96. The van der Waals surface area contributed by atoms with Crippen LogP contribution < -0.4 is 10.5 Å². The van der Waals surface area contributed by atoms with E-state index in [1.807, 2.05) is 12.1 Å². The number of anilines is 1. The van der Waals surface area contributed by atoms with Gasteiger partial charge < -0.3 is 4.90 Å². The molecular weight excluding hydrogens is 502 g/mol. The van der Waals surface area contributed by atoms with Gasteiger partial charge in [-0.15, -0.1) is 0 Å². The van der Waals surface area contributed by atoms with E-state index in [0.717, 1.165) is 40.6 Å². The SMILES string of the molecule is CC[C@H]1CN([C@@H](C)c2ccc3nccnc3c2)[C@H](CC)CN1c1cc(=O)n(CC(F)F)c2cn(CC#N)nc12. The van der Waals surface area contributed by atoms with Gasteiger partial charge in [0.05, 0.1) is 41.0 Å². The van der Waals surface area contributed by atoms with Crippen LogP contribution >= 0.6 is 0 Å². The molecule has 0 saturated carbocycles. The van der Waals surface area contributed by atoms with Crippen molar-refractivity contribution in [1.82, 2.24) is 29.2 Å². The second-order valence-electron chi connectivity index (χ2n) is 10.0. The van der Waals surface area contributed by atoms with E-state index in [1.54, 1.807) is 12.4 Å². The Morgan fingerprint density at radius 1 is 1.08 bits per heavy atom. The van der Waals surface area contributed by atoms with Gasteiger partial charge in [-0.3, -0.25) is 28.9 Å². The summed E-state index contributed by atoms with van der Waals surface area (Å²) in [7, 11) is 0. The first-order valence-electron chi connectivity index (χ1n) is 13.3. The van der Waals surface area contributed by atoms with Gasteiger partial charge in [-0.1, -0.05) is 19.9 Å². The maximum Gasteiger partial charge on any atom is 0.256 e. The van der Waals surface area contributed by atoms with Gasteiger partial charge in [0.15, 0.2) is 0 Å². The molecule has 0 N–H and O–H groups in total. The number of hydrogen-bond acceptors (Lipinski definition) is 7. The smallest absolute Gasteiger partial charge is 0.256 e. The van der Waals surface area contributed by atoms with Crippen LogP contribution in [-0.4, -0.2) is 60.8 Å². The van der Waals surface area contributed by atoms with E-state index in [9.17, 15) is 18.8 Å². The molecule has 5 rings (SSSR count). The molecule has 1 fully saturated rings. The molecule has 204 valence electrons. The lowest BCUT2D eigenvalue weighted by Crippen LogP contribution is -2.58. The summed E-state index contributed by atoms with van der Waals surface area (Å²) in [6, 6.07) is 10.1. The Balaban J connectivity index is 1.52. The lowest BCUT2D eigenvalue weighted by Gasteiger charge is -2.49. The molecule has 3 atom stereocenters. The van der Waals surface area contributed by atoms with E-state index in [-0.39, 0.29) is 24.7 Å². The molecule has 1 aliphatic rings. The summed E-state index contributed by atoms with van der Waals surface area (Å²) in [4.78, 5) is 26.7. The molecule has 1 aromatic carbocycles. The minimum Gasteiger partial charge on any atom is -0.364 e. The van der Waals surface area contributed by atoms with Crippen LogP contribution in [0.3, 0.4) is 0 Å². The molecule has 3 aromatic heterocycles. The normalized spacial score (nSPS) is 19.2. The number of pyridine rings is 1. The molecule has 11 heteroatoms. The second kappa shape index (κ2) is 11.1. The van der Waals surface area contributed by atoms with Crippen LogP contribution in [-0.2, 0) is 13.1 Å². The topological polar surface area (TPSA) is 95.9 Å². The summed E-state index contributed by atoms with van der Waals surface area (Å²) in [5.41, 5.74) is 3.81. The molecule has 9 nitrogen and oxygen atoms in total. The zero-order chi connectivity index (χ0) is 27.7. The molecule has 0 unspecified atom stereocenters. The Kier molecular flexibility index (Phi) is 7.57. The first kappa shape index (κ1) is 26.7. The van der Waals surface area contributed by atoms with Crippen molar-refractivity contribution >= 4 is 27.8 Å². The third-order valence-electron chi connectivity index (χ3n) is 7.82. The monoisotopic (exact) mass is 534 g/mol. The zero-order valence-corrected chi connectivity index (χ0v) is 22.3. The van der Waals surface area contributed by atoms with E-state index in [2.05, 4.69) is 57.8 Å². The molecule has 4 aromatic rings. The van der Waals surface area contributed by atoms with Crippen LogP contribution in [0.2, 0.25) is 0 Å². The Hall–Kier alpha value is -3.91. The summed E-state index contributed by atoms with van der Waals surface area (Å²) in [5, 5.41) is 13.7. The highest BCUT2D eigenvalue weighted by Crippen LogP contribution is 2.35. The van der Waals surface area contributed by atoms with Crippen molar-refractivity contribution in [3.05, 3.63) is 58.8 Å². The van der Waals surface area contributed by atoms with E-state index in [4.69, 9.17) is 0 Å². The van der Waals surface area contributed by atoms with Crippen LogP contribution in [0.4, 0.5) is 14.5 Å². The number of alkyl halides is 2. The van der Waals surface area contributed by atoms with Gasteiger partial charge in [-0.05, 0) is 37.5 Å². The predicted molar refractivity (Wildman–Crippen MR) is 146 cm³/mol. The number of hydrogen-bond donors (Lipinski definition) is 0. The fraction of sp³-hybridized carbons (Fsp3) is 0.464. The molecule has 4 heterocycles. The number of aromatic nitrogens is 5. The predicted octanol–water partition coefficient (Wildman–Crippen LogP) is 4.37. The van der Waals surface area contributed by atoms with Crippen molar-refractivity contribution in [2.45, 2.75) is 71.3 Å². The van der Waals surface area contributed by atoms with Crippen LogP contribution in [0.15, 0.2) is 47.7 Å². The van der Waals surface area contributed by atoms with Crippen molar-refractivity contribution < 1.29 is 8.78 Å². The molecule has 39 heavy (non-hydrogen) atoms. The first-order valence-corrected chi connectivity index (χ1v) is 13.3. The largest absolute Gasteiger partial charge is 0.364 e. The van der Waals surface area contributed by atoms with Crippen LogP contribution in [0.5, 0.6) is 0 Å². The number of nitriles is 1. The van der Waals surface area contributed by atoms with Crippen molar-refractivity contribution in [2.24, 2.45) is 0 Å². The molecule has 0 amide bonds. The Bertz CT molecular complexity index is 1580. The van der Waals surface area contributed by atoms with Gasteiger partial charge in [-0.25, -0.2) is 8.78 Å². The number of benzene rings is 1. The quantitative estimate of drug-likeness (QED) is 0.331. The van der Waals surface area contributed by atoms with Gasteiger partial charge in [0, 0.05) is 49.7 Å². The lowest BCUT2D eigenvalue weighted by molar-refractivity contribution is 0.101. The Morgan fingerprint density at radius 2 is 1.82 bits per heavy atom. The van der Waals surface area contributed by atoms with Gasteiger partial charge in [-0.2, -0.15) is 10.4 Å². The standard InChI is InChI=1S/C28H32F2N8O/c1-4-20-15-37(24-13-27(39)38(17-26(29)30)25-16-35(11-8-31)34-28(24)25)21(5-2)14-36(20)18(3)19-6-7-22-23(12-19)33-10-9-32-22/h6-7,9-10,12-13,16,18,20-21,26H,4-5,11,14-15,17H2,1-3H3/t18-,20+,21-/m0/s1.